The Morgan fingerprint density at radius 3 is 2.79 bits per heavy atom. The van der Waals surface area contributed by atoms with Crippen molar-refractivity contribution >= 4 is 5.91 Å². The SMILES string of the molecule is Cc1cnoc1C(=O)NC(C)(C)CO. The minimum atomic E-state index is -0.656. The summed E-state index contributed by atoms with van der Waals surface area (Å²) in [4.78, 5) is 11.5. The van der Waals surface area contributed by atoms with Crippen molar-refractivity contribution in [3.05, 3.63) is 17.5 Å². The van der Waals surface area contributed by atoms with Gasteiger partial charge in [-0.1, -0.05) is 5.16 Å². The number of rotatable bonds is 3. The number of carbonyl (C=O) groups is 1. The topological polar surface area (TPSA) is 75.4 Å². The molecule has 0 atom stereocenters. The molecular weight excluding hydrogens is 184 g/mol. The number of aryl methyl sites for hydroxylation is 1. The lowest BCUT2D eigenvalue weighted by atomic mass is 10.1. The molecule has 1 rings (SSSR count). The first kappa shape index (κ1) is 10.7. The number of aliphatic hydroxyl groups is 1. The van der Waals surface area contributed by atoms with Crippen LogP contribution in [0.5, 0.6) is 0 Å². The Balaban J connectivity index is 2.73. The normalized spacial score (nSPS) is 11.4. The van der Waals surface area contributed by atoms with Gasteiger partial charge in [0.05, 0.1) is 18.3 Å². The molecule has 0 aliphatic carbocycles. The fourth-order valence-corrected chi connectivity index (χ4v) is 0.913. The van der Waals surface area contributed by atoms with Gasteiger partial charge >= 0.3 is 0 Å². The second-order valence-corrected chi connectivity index (χ2v) is 3.83. The molecule has 0 radical (unpaired) electrons. The van der Waals surface area contributed by atoms with Crippen molar-refractivity contribution in [1.29, 1.82) is 0 Å². The maximum absolute atomic E-state index is 11.5. The average Bonchev–Trinajstić information content (AvgIpc) is 2.51. The van der Waals surface area contributed by atoms with E-state index in [1.54, 1.807) is 20.8 Å². The molecule has 1 heterocycles. The van der Waals surface area contributed by atoms with Gasteiger partial charge in [-0.25, -0.2) is 0 Å². The van der Waals surface area contributed by atoms with E-state index in [2.05, 4.69) is 10.5 Å². The number of aliphatic hydroxyl groups excluding tert-OH is 1. The second-order valence-electron chi connectivity index (χ2n) is 3.83. The van der Waals surface area contributed by atoms with Crippen LogP contribution in [-0.4, -0.2) is 28.3 Å². The summed E-state index contributed by atoms with van der Waals surface area (Å²) in [7, 11) is 0. The molecule has 2 N–H and O–H groups in total. The van der Waals surface area contributed by atoms with Crippen molar-refractivity contribution in [2.75, 3.05) is 6.61 Å². The molecule has 0 aromatic carbocycles. The zero-order valence-corrected chi connectivity index (χ0v) is 8.50. The molecular formula is C9H14N2O3. The molecule has 0 aliphatic rings. The van der Waals surface area contributed by atoms with Gasteiger partial charge in [0.15, 0.2) is 0 Å². The zero-order valence-electron chi connectivity index (χ0n) is 8.50. The first-order valence-corrected chi connectivity index (χ1v) is 4.31. The first-order valence-electron chi connectivity index (χ1n) is 4.31. The van der Waals surface area contributed by atoms with Gasteiger partial charge in [0.25, 0.3) is 5.91 Å². The Kier molecular flexibility index (Phi) is 2.90. The van der Waals surface area contributed by atoms with Crippen LogP contribution >= 0.6 is 0 Å². The molecule has 0 fully saturated rings. The van der Waals surface area contributed by atoms with E-state index >= 15 is 0 Å². The number of nitrogens with one attached hydrogen (secondary N) is 1. The average molecular weight is 198 g/mol. The van der Waals surface area contributed by atoms with Gasteiger partial charge in [-0.3, -0.25) is 4.79 Å². The predicted octanol–water partition coefficient (Wildman–Crippen LogP) is 0.484. The zero-order chi connectivity index (χ0) is 10.8. The third-order valence-corrected chi connectivity index (χ3v) is 1.80. The van der Waals surface area contributed by atoms with Gasteiger partial charge in [0.1, 0.15) is 0 Å². The second kappa shape index (κ2) is 3.79. The third-order valence-electron chi connectivity index (χ3n) is 1.80. The molecule has 1 aromatic rings. The summed E-state index contributed by atoms with van der Waals surface area (Å²) >= 11 is 0. The van der Waals surface area contributed by atoms with Gasteiger partial charge in [-0.05, 0) is 20.8 Å². The Labute approximate surface area is 82.1 Å². The quantitative estimate of drug-likeness (QED) is 0.740. The highest BCUT2D eigenvalue weighted by Crippen LogP contribution is 2.08. The van der Waals surface area contributed by atoms with Gasteiger partial charge in [-0.2, -0.15) is 0 Å². The smallest absolute Gasteiger partial charge is 0.290 e. The molecule has 5 heteroatoms. The molecule has 0 saturated heterocycles. The minimum Gasteiger partial charge on any atom is -0.394 e. The summed E-state index contributed by atoms with van der Waals surface area (Å²) in [5.41, 5.74) is 0.0206. The van der Waals surface area contributed by atoms with Crippen LogP contribution in [0.25, 0.3) is 0 Å². The molecule has 5 nitrogen and oxygen atoms in total. The minimum absolute atomic E-state index is 0.133. The van der Waals surface area contributed by atoms with Crippen molar-refractivity contribution in [2.24, 2.45) is 0 Å². The summed E-state index contributed by atoms with van der Waals surface area (Å²) in [6.07, 6.45) is 1.47. The molecule has 0 bridgehead atoms. The lowest BCUT2D eigenvalue weighted by Crippen LogP contribution is -2.46. The Hall–Kier alpha value is -1.36. The van der Waals surface area contributed by atoms with E-state index in [1.165, 1.54) is 6.20 Å². The molecule has 1 amide bonds. The van der Waals surface area contributed by atoms with E-state index in [-0.39, 0.29) is 18.3 Å². The monoisotopic (exact) mass is 198 g/mol. The Morgan fingerprint density at radius 1 is 1.71 bits per heavy atom. The summed E-state index contributed by atoms with van der Waals surface area (Å²) in [6, 6.07) is 0. The fraction of sp³-hybridized carbons (Fsp3) is 0.556. The van der Waals surface area contributed by atoms with Crippen LogP contribution in [-0.2, 0) is 0 Å². The van der Waals surface area contributed by atoms with E-state index in [9.17, 15) is 4.79 Å². The van der Waals surface area contributed by atoms with Gasteiger partial charge < -0.3 is 14.9 Å². The van der Waals surface area contributed by atoms with E-state index in [0.29, 0.717) is 5.56 Å². The van der Waals surface area contributed by atoms with Crippen molar-refractivity contribution in [1.82, 2.24) is 10.5 Å². The molecule has 0 saturated carbocycles. The molecule has 0 unspecified atom stereocenters. The van der Waals surface area contributed by atoms with E-state index in [0.717, 1.165) is 0 Å². The lowest BCUT2D eigenvalue weighted by molar-refractivity contribution is 0.0831. The van der Waals surface area contributed by atoms with Crippen molar-refractivity contribution in [3.8, 4) is 0 Å². The van der Waals surface area contributed by atoms with Crippen LogP contribution in [0.3, 0.4) is 0 Å². The van der Waals surface area contributed by atoms with Gasteiger partial charge in [-0.15, -0.1) is 0 Å². The summed E-state index contributed by atoms with van der Waals surface area (Å²) in [6.45, 7) is 5.04. The molecule has 1 aromatic heterocycles. The molecule has 0 aliphatic heterocycles. The number of amides is 1. The third kappa shape index (κ3) is 2.32. The number of aromatic nitrogens is 1. The highest BCUT2D eigenvalue weighted by atomic mass is 16.5. The molecule has 0 spiro atoms. The van der Waals surface area contributed by atoms with E-state index in [4.69, 9.17) is 9.63 Å². The first-order chi connectivity index (χ1) is 6.46. The maximum Gasteiger partial charge on any atom is 0.290 e. The van der Waals surface area contributed by atoms with Crippen LogP contribution < -0.4 is 5.32 Å². The van der Waals surface area contributed by atoms with E-state index < -0.39 is 5.54 Å². The molecule has 14 heavy (non-hydrogen) atoms. The molecule has 78 valence electrons. The standard InChI is InChI=1S/C9H14N2O3/c1-6-4-10-14-7(6)8(13)11-9(2,3)5-12/h4,12H,5H2,1-3H3,(H,11,13). The van der Waals surface area contributed by atoms with Crippen molar-refractivity contribution < 1.29 is 14.4 Å². The van der Waals surface area contributed by atoms with Crippen LogP contribution in [0, 0.1) is 6.92 Å². The van der Waals surface area contributed by atoms with Gasteiger partial charge in [0, 0.05) is 5.56 Å². The van der Waals surface area contributed by atoms with Crippen molar-refractivity contribution in [2.45, 2.75) is 26.3 Å². The van der Waals surface area contributed by atoms with Crippen LogP contribution in [0.4, 0.5) is 0 Å². The number of carbonyl (C=O) groups excluding carboxylic acids is 1. The Bertz CT molecular complexity index is 331. The lowest BCUT2D eigenvalue weighted by Gasteiger charge is -2.22. The van der Waals surface area contributed by atoms with Gasteiger partial charge in [0.2, 0.25) is 5.76 Å². The van der Waals surface area contributed by atoms with Crippen LogP contribution in [0.2, 0.25) is 0 Å². The number of hydrogen-bond acceptors (Lipinski definition) is 4. The fourth-order valence-electron chi connectivity index (χ4n) is 0.913. The maximum atomic E-state index is 11.5. The van der Waals surface area contributed by atoms with Crippen LogP contribution in [0.15, 0.2) is 10.7 Å². The largest absolute Gasteiger partial charge is 0.394 e. The number of hydrogen-bond donors (Lipinski definition) is 2. The van der Waals surface area contributed by atoms with Crippen molar-refractivity contribution in [3.63, 3.8) is 0 Å². The highest BCUT2D eigenvalue weighted by Gasteiger charge is 2.23. The predicted molar refractivity (Wildman–Crippen MR) is 49.9 cm³/mol. The summed E-state index contributed by atoms with van der Waals surface area (Å²) in [5.74, 6) is -0.175. The van der Waals surface area contributed by atoms with Crippen LogP contribution in [0.1, 0.15) is 30.0 Å². The van der Waals surface area contributed by atoms with E-state index in [1.807, 2.05) is 0 Å². The number of nitrogens with zero attached hydrogens (tertiary/aromatic N) is 1. The summed E-state index contributed by atoms with van der Waals surface area (Å²) < 4.78 is 4.77. The Morgan fingerprint density at radius 2 is 2.36 bits per heavy atom. The highest BCUT2D eigenvalue weighted by molar-refractivity contribution is 5.93. The summed E-state index contributed by atoms with van der Waals surface area (Å²) in [5, 5.41) is 15.1.